The van der Waals surface area contributed by atoms with Gasteiger partial charge in [0.1, 0.15) is 0 Å². The topological polar surface area (TPSA) is 49.4 Å². The van der Waals surface area contributed by atoms with Gasteiger partial charge in [0, 0.05) is 0 Å². The molecule has 0 aliphatic heterocycles. The molecule has 0 aromatic heterocycles. The molecule has 0 saturated heterocycles. The third-order valence-electron chi connectivity index (χ3n) is 0.0833. The Morgan fingerprint density at radius 1 is 1.62 bits per heavy atom. The van der Waals surface area contributed by atoms with Crippen LogP contribution in [0.3, 0.4) is 0 Å². The van der Waals surface area contributed by atoms with E-state index in [1.165, 1.54) is 0 Å². The van der Waals surface area contributed by atoms with Gasteiger partial charge in [-0.15, -0.1) is 0 Å². The van der Waals surface area contributed by atoms with E-state index in [9.17, 15) is 8.76 Å². The van der Waals surface area contributed by atoms with Crippen LogP contribution in [0.1, 0.15) is 0 Å². The number of rotatable bonds is 1. The van der Waals surface area contributed by atoms with E-state index in [4.69, 9.17) is 0 Å². The van der Waals surface area contributed by atoms with Gasteiger partial charge in [-0.05, 0) is 11.2 Å². The predicted octanol–water partition coefficient (Wildman–Crippen LogP) is -6.74. The van der Waals surface area contributed by atoms with Crippen LogP contribution in [0.25, 0.3) is 0 Å². The van der Waals surface area contributed by atoms with E-state index in [-0.39, 0.29) is 103 Å². The molecule has 8 heavy (non-hydrogen) atoms. The zero-order valence-electron chi connectivity index (χ0n) is 4.45. The number of hydrogen-bond acceptors (Lipinski definition) is 5. The fourth-order valence-electron chi connectivity index (χ4n) is 0. The largest absolute Gasteiger partial charge is 1.00 e. The third kappa shape index (κ3) is 16.5. The molecular weight excluding hydrogens is 222 g/mol. The van der Waals surface area contributed by atoms with E-state index in [0.29, 0.717) is 0 Å². The van der Waals surface area contributed by atoms with Crippen molar-refractivity contribution >= 4 is 33.2 Å². The molecule has 0 aliphatic rings. The first kappa shape index (κ1) is 17.9. The average Bonchev–Trinajstić information content (AvgIpc) is 1.35. The van der Waals surface area contributed by atoms with Crippen LogP contribution in [0.5, 0.6) is 0 Å². The van der Waals surface area contributed by atoms with Crippen LogP contribution in [0.15, 0.2) is 0 Å². The molecule has 3 nitrogen and oxygen atoms in total. The van der Waals surface area contributed by atoms with Crippen molar-refractivity contribution in [3.8, 4) is 0 Å². The van der Waals surface area contributed by atoms with E-state index in [1.807, 2.05) is 0 Å². The minimum Gasteiger partial charge on any atom is -0.750 e. The SMILES string of the molecule is O=S([O-])(=S)O[S-].[K+].[K+]. The van der Waals surface area contributed by atoms with Gasteiger partial charge in [-0.2, -0.15) is 0 Å². The van der Waals surface area contributed by atoms with E-state index in [1.54, 1.807) is 0 Å². The molecule has 0 aliphatic carbocycles. The normalized spacial score (nSPS) is 14.8. The van der Waals surface area contributed by atoms with Crippen molar-refractivity contribution < 1.29 is 115 Å². The van der Waals surface area contributed by atoms with E-state index >= 15 is 0 Å². The minimum atomic E-state index is -3.76. The summed E-state index contributed by atoms with van der Waals surface area (Å²) in [5.41, 5.74) is 0. The maximum Gasteiger partial charge on any atom is 1.00 e. The van der Waals surface area contributed by atoms with Gasteiger partial charge < -0.3 is 21.1 Å². The zero-order chi connectivity index (χ0) is 5.21. The van der Waals surface area contributed by atoms with Crippen LogP contribution in [0.2, 0.25) is 0 Å². The van der Waals surface area contributed by atoms with Crippen molar-refractivity contribution in [2.45, 2.75) is 0 Å². The monoisotopic (exact) mass is 222 g/mol. The molecule has 0 aromatic carbocycles. The Hall–Kier alpha value is 3.91. The van der Waals surface area contributed by atoms with E-state index < -0.39 is 9.05 Å². The van der Waals surface area contributed by atoms with Crippen molar-refractivity contribution in [3.05, 3.63) is 0 Å². The summed E-state index contributed by atoms with van der Waals surface area (Å²) < 4.78 is 22.3. The Kier molecular flexibility index (Phi) is 20.1. The van der Waals surface area contributed by atoms with Crippen LogP contribution in [-0.2, 0) is 36.8 Å². The Bertz CT molecular complexity index is 114. The van der Waals surface area contributed by atoms with Gasteiger partial charge in [-0.3, -0.25) is 0 Å². The van der Waals surface area contributed by atoms with Gasteiger partial charge >= 0.3 is 103 Å². The standard InChI is InChI=1S/2K.H2O3S3/c;;1-6(2,5)3-4/h;;4H,(H,1,2,5)/q2*+1;/p-2. The average molecular weight is 222 g/mol. The van der Waals surface area contributed by atoms with E-state index in [0.717, 1.165) is 0 Å². The Labute approximate surface area is 144 Å². The second kappa shape index (κ2) is 9.00. The molecular formula is K2O3S3. The summed E-state index contributed by atoms with van der Waals surface area (Å²) in [5, 5.41) is 0. The molecule has 0 radical (unpaired) electrons. The quantitative estimate of drug-likeness (QED) is 0.326. The third-order valence-corrected chi connectivity index (χ3v) is 1.25. The second-order valence-electron chi connectivity index (χ2n) is 0.476. The first-order valence-electron chi connectivity index (χ1n) is 0.833. The van der Waals surface area contributed by atoms with Crippen molar-refractivity contribution in [1.29, 1.82) is 0 Å². The van der Waals surface area contributed by atoms with Gasteiger partial charge in [-0.25, -0.2) is 4.21 Å². The van der Waals surface area contributed by atoms with Gasteiger partial charge in [0.2, 0.25) is 0 Å². The second-order valence-corrected chi connectivity index (χ2v) is 3.06. The first-order valence-corrected chi connectivity index (χ1v) is 3.50. The van der Waals surface area contributed by atoms with Crippen LogP contribution < -0.4 is 103 Å². The number of hydrogen-bond donors (Lipinski definition) is 0. The zero-order valence-corrected chi connectivity index (χ0v) is 13.1. The molecule has 0 N–H and O–H groups in total. The maximum absolute atomic E-state index is 9.49. The first-order chi connectivity index (χ1) is 2.56. The van der Waals surface area contributed by atoms with Gasteiger partial charge in [0.15, 0.2) is 0 Å². The molecule has 0 fully saturated rings. The van der Waals surface area contributed by atoms with Crippen molar-refractivity contribution in [3.63, 3.8) is 0 Å². The maximum atomic E-state index is 9.49. The Morgan fingerprint density at radius 3 is 1.75 bits per heavy atom. The van der Waals surface area contributed by atoms with Crippen molar-refractivity contribution in [1.82, 2.24) is 0 Å². The van der Waals surface area contributed by atoms with Crippen LogP contribution in [-0.4, -0.2) is 8.76 Å². The molecule has 0 saturated carbocycles. The van der Waals surface area contributed by atoms with Gasteiger partial charge in [0.25, 0.3) is 0 Å². The summed E-state index contributed by atoms with van der Waals surface area (Å²) in [6, 6.07) is 0. The molecule has 1 unspecified atom stereocenters. The van der Waals surface area contributed by atoms with Crippen LogP contribution in [0.4, 0.5) is 0 Å². The predicted molar refractivity (Wildman–Crippen MR) is 24.7 cm³/mol. The van der Waals surface area contributed by atoms with Gasteiger partial charge in [0.05, 0.1) is 9.05 Å². The summed E-state index contributed by atoms with van der Waals surface area (Å²) in [6.45, 7) is 0. The Balaban J connectivity index is -0.000000125. The Morgan fingerprint density at radius 2 is 1.75 bits per heavy atom. The fraction of sp³-hybridized carbons (Fsp3) is 0. The summed E-state index contributed by atoms with van der Waals surface area (Å²) in [6.07, 6.45) is 0. The summed E-state index contributed by atoms with van der Waals surface area (Å²) in [7, 11) is -3.76. The smallest absolute Gasteiger partial charge is 0.750 e. The molecule has 38 valence electrons. The molecule has 0 aromatic rings. The molecule has 0 spiro atoms. The summed E-state index contributed by atoms with van der Waals surface area (Å²) in [5.74, 6) is 0. The molecule has 0 rings (SSSR count). The van der Waals surface area contributed by atoms with Crippen LogP contribution >= 0.6 is 0 Å². The van der Waals surface area contributed by atoms with Crippen molar-refractivity contribution in [2.75, 3.05) is 0 Å². The van der Waals surface area contributed by atoms with E-state index in [2.05, 4.69) is 27.7 Å². The van der Waals surface area contributed by atoms with Crippen LogP contribution in [0, 0.1) is 0 Å². The van der Waals surface area contributed by atoms with Crippen molar-refractivity contribution in [2.24, 2.45) is 0 Å². The molecule has 0 bridgehead atoms. The van der Waals surface area contributed by atoms with Gasteiger partial charge in [-0.1, -0.05) is 0 Å². The summed E-state index contributed by atoms with van der Waals surface area (Å²) in [4.78, 5) is 0. The fourth-order valence-corrected chi connectivity index (χ4v) is 0. The molecule has 0 amide bonds. The molecule has 8 heteroatoms. The summed E-state index contributed by atoms with van der Waals surface area (Å²) >= 11 is 7.23. The molecule has 1 atom stereocenters. The minimum absolute atomic E-state index is 0. The molecule has 0 heterocycles.